The van der Waals surface area contributed by atoms with Crippen molar-refractivity contribution in [1.29, 1.82) is 0 Å². The molecule has 0 aliphatic heterocycles. The Labute approximate surface area is 95.1 Å². The summed E-state index contributed by atoms with van der Waals surface area (Å²) >= 11 is 0. The lowest BCUT2D eigenvalue weighted by Gasteiger charge is -1.98. The Morgan fingerprint density at radius 3 is 2.20 bits per heavy atom. The van der Waals surface area contributed by atoms with Gasteiger partial charge in [-0.25, -0.2) is 0 Å². The summed E-state index contributed by atoms with van der Waals surface area (Å²) < 4.78 is 0. The molecule has 0 spiro atoms. The van der Waals surface area contributed by atoms with Crippen LogP contribution in [0.5, 0.6) is 0 Å². The van der Waals surface area contributed by atoms with Crippen molar-refractivity contribution < 1.29 is 0 Å². The largest absolute Gasteiger partial charge is 0.0856 e. The third kappa shape index (κ3) is 9.27. The first-order chi connectivity index (χ1) is 7.06. The van der Waals surface area contributed by atoms with Gasteiger partial charge in [-0.3, -0.25) is 0 Å². The van der Waals surface area contributed by atoms with Crippen LogP contribution in [0.3, 0.4) is 0 Å². The average molecular weight is 203 g/mol. The second kappa shape index (κ2) is 8.28. The minimum absolute atomic E-state index is 0.986. The zero-order chi connectivity index (χ0) is 11.7. The number of rotatable bonds is 6. The molecule has 0 unspecified atom stereocenters. The molecule has 0 nitrogen and oxygen atoms in total. The molecule has 0 N–H and O–H groups in total. The van der Waals surface area contributed by atoms with E-state index in [1.54, 1.807) is 6.08 Å². The number of hydrogen-bond acceptors (Lipinski definition) is 0. The molecule has 1 radical (unpaired) electrons. The predicted molar refractivity (Wildman–Crippen MR) is 69.7 cm³/mol. The maximum Gasteiger partial charge on any atom is -0.0161 e. The van der Waals surface area contributed by atoms with Crippen LogP contribution in [0.4, 0.5) is 0 Å². The van der Waals surface area contributed by atoms with E-state index >= 15 is 0 Å². The molecule has 0 aromatic heterocycles. The molecule has 0 rings (SSSR count). The van der Waals surface area contributed by atoms with Gasteiger partial charge in [0, 0.05) is 0 Å². The summed E-state index contributed by atoms with van der Waals surface area (Å²) in [5, 5.41) is 0. The van der Waals surface area contributed by atoms with Crippen LogP contribution in [-0.2, 0) is 0 Å². The lowest BCUT2D eigenvalue weighted by molar-refractivity contribution is 0.958. The SMILES string of the molecule is [CH]=C/C(C)=C/C/C=C(\C)CCC=C(C)C. The molecule has 83 valence electrons. The van der Waals surface area contributed by atoms with Crippen LogP contribution in [0.15, 0.2) is 41.0 Å². The van der Waals surface area contributed by atoms with Gasteiger partial charge in [-0.1, -0.05) is 47.6 Å². The van der Waals surface area contributed by atoms with E-state index in [1.165, 1.54) is 11.1 Å². The van der Waals surface area contributed by atoms with Gasteiger partial charge in [0.05, 0.1) is 0 Å². The van der Waals surface area contributed by atoms with Gasteiger partial charge in [-0.2, -0.15) is 0 Å². The van der Waals surface area contributed by atoms with Crippen molar-refractivity contribution >= 4 is 0 Å². The molecule has 0 aliphatic rings. The average Bonchev–Trinajstić information content (AvgIpc) is 2.17. The van der Waals surface area contributed by atoms with E-state index in [9.17, 15) is 0 Å². The minimum Gasteiger partial charge on any atom is -0.0856 e. The molecule has 0 amide bonds. The van der Waals surface area contributed by atoms with Crippen molar-refractivity contribution in [2.45, 2.75) is 47.0 Å². The van der Waals surface area contributed by atoms with E-state index in [-0.39, 0.29) is 0 Å². The van der Waals surface area contributed by atoms with Crippen LogP contribution in [-0.4, -0.2) is 0 Å². The lowest BCUT2D eigenvalue weighted by atomic mass is 10.1. The molecule has 0 saturated carbocycles. The Bertz CT molecular complexity index is 270. The molecular weight excluding hydrogens is 180 g/mol. The highest BCUT2D eigenvalue weighted by Gasteiger charge is 1.88. The molecule has 0 aromatic rings. The van der Waals surface area contributed by atoms with Crippen molar-refractivity contribution in [3.63, 3.8) is 0 Å². The smallest absolute Gasteiger partial charge is 0.0161 e. The second-order valence-corrected chi connectivity index (χ2v) is 4.22. The molecular formula is C15H23. The molecule has 0 saturated heterocycles. The Morgan fingerprint density at radius 1 is 1.00 bits per heavy atom. The third-order valence-electron chi connectivity index (χ3n) is 2.26. The molecule has 0 atom stereocenters. The molecule has 0 heterocycles. The van der Waals surface area contributed by atoms with Gasteiger partial charge in [0.15, 0.2) is 0 Å². The van der Waals surface area contributed by atoms with Gasteiger partial charge < -0.3 is 0 Å². The Morgan fingerprint density at radius 2 is 1.67 bits per heavy atom. The van der Waals surface area contributed by atoms with Crippen LogP contribution in [0.1, 0.15) is 47.0 Å². The zero-order valence-electron chi connectivity index (χ0n) is 10.5. The van der Waals surface area contributed by atoms with E-state index in [0.29, 0.717) is 0 Å². The Balaban J connectivity index is 3.89. The van der Waals surface area contributed by atoms with Crippen LogP contribution in [0, 0.1) is 6.58 Å². The summed E-state index contributed by atoms with van der Waals surface area (Å²) in [5.41, 5.74) is 3.99. The summed E-state index contributed by atoms with van der Waals surface area (Å²) in [6.07, 6.45) is 11.6. The van der Waals surface area contributed by atoms with E-state index < -0.39 is 0 Å². The van der Waals surface area contributed by atoms with E-state index in [2.05, 4.69) is 39.0 Å². The van der Waals surface area contributed by atoms with Crippen molar-refractivity contribution in [2.24, 2.45) is 0 Å². The van der Waals surface area contributed by atoms with Crippen molar-refractivity contribution in [3.05, 3.63) is 47.6 Å². The third-order valence-corrected chi connectivity index (χ3v) is 2.26. The van der Waals surface area contributed by atoms with Crippen LogP contribution in [0.25, 0.3) is 0 Å². The minimum atomic E-state index is 0.986. The van der Waals surface area contributed by atoms with E-state index in [1.807, 2.05) is 6.92 Å². The fourth-order valence-electron chi connectivity index (χ4n) is 1.20. The maximum atomic E-state index is 5.38. The topological polar surface area (TPSA) is 0 Å². The first-order valence-electron chi connectivity index (χ1n) is 5.57. The fraction of sp³-hybridized carbons (Fsp3) is 0.467. The van der Waals surface area contributed by atoms with Gasteiger partial charge in [-0.15, -0.1) is 0 Å². The van der Waals surface area contributed by atoms with Crippen molar-refractivity contribution in [1.82, 2.24) is 0 Å². The molecule has 0 aliphatic carbocycles. The second-order valence-electron chi connectivity index (χ2n) is 4.22. The van der Waals surface area contributed by atoms with Crippen molar-refractivity contribution in [2.75, 3.05) is 0 Å². The van der Waals surface area contributed by atoms with Gasteiger partial charge in [0.2, 0.25) is 0 Å². The molecule has 0 fully saturated rings. The Hall–Kier alpha value is -1.04. The fourth-order valence-corrected chi connectivity index (χ4v) is 1.20. The summed E-state index contributed by atoms with van der Waals surface area (Å²) in [6.45, 7) is 13.9. The summed E-state index contributed by atoms with van der Waals surface area (Å²) in [4.78, 5) is 0. The van der Waals surface area contributed by atoms with Crippen LogP contribution >= 0.6 is 0 Å². The van der Waals surface area contributed by atoms with E-state index in [0.717, 1.165) is 24.8 Å². The highest BCUT2D eigenvalue weighted by Crippen LogP contribution is 2.08. The summed E-state index contributed by atoms with van der Waals surface area (Å²) in [7, 11) is 0. The predicted octanol–water partition coefficient (Wildman–Crippen LogP) is 5.00. The lowest BCUT2D eigenvalue weighted by Crippen LogP contribution is -1.77. The first-order valence-corrected chi connectivity index (χ1v) is 5.57. The molecule has 0 aromatic carbocycles. The van der Waals surface area contributed by atoms with E-state index in [4.69, 9.17) is 6.58 Å². The number of allylic oxidation sites excluding steroid dienone is 7. The summed E-state index contributed by atoms with van der Waals surface area (Å²) in [5.74, 6) is 0. The quantitative estimate of drug-likeness (QED) is 0.421. The Kier molecular flexibility index (Phi) is 7.71. The van der Waals surface area contributed by atoms with Gasteiger partial charge in [0.1, 0.15) is 0 Å². The maximum absolute atomic E-state index is 5.38. The number of hydrogen-bond donors (Lipinski definition) is 0. The molecule has 0 bridgehead atoms. The van der Waals surface area contributed by atoms with Crippen LogP contribution < -0.4 is 0 Å². The van der Waals surface area contributed by atoms with Gasteiger partial charge in [-0.05, 0) is 47.0 Å². The highest BCUT2D eigenvalue weighted by atomic mass is 13.9. The van der Waals surface area contributed by atoms with Gasteiger partial charge in [0.25, 0.3) is 0 Å². The van der Waals surface area contributed by atoms with Gasteiger partial charge >= 0.3 is 0 Å². The molecule has 15 heavy (non-hydrogen) atoms. The normalized spacial score (nSPS) is 12.5. The van der Waals surface area contributed by atoms with Crippen molar-refractivity contribution in [3.8, 4) is 0 Å². The van der Waals surface area contributed by atoms with Crippen LogP contribution in [0.2, 0.25) is 0 Å². The highest BCUT2D eigenvalue weighted by molar-refractivity contribution is 5.14. The summed E-state index contributed by atoms with van der Waals surface area (Å²) in [6, 6.07) is 0. The monoisotopic (exact) mass is 203 g/mol. The standard InChI is InChI=1S/C15H23/c1-6-14(4)10-8-12-15(5)11-7-9-13(2)3/h1,6,9-10,12H,7-8,11H2,2-5H3/b6-1?,14-10+,15-12+. The first kappa shape index (κ1) is 14.0. The molecule has 0 heteroatoms. The zero-order valence-corrected chi connectivity index (χ0v) is 10.5.